The van der Waals surface area contributed by atoms with Gasteiger partial charge in [-0.05, 0) is 50.6 Å². The van der Waals surface area contributed by atoms with Crippen molar-refractivity contribution in [3.63, 3.8) is 0 Å². The minimum absolute atomic E-state index is 0.0243. The van der Waals surface area contributed by atoms with Gasteiger partial charge in [0.1, 0.15) is 11.1 Å². The molecule has 0 aliphatic carbocycles. The molecule has 0 spiro atoms. The number of carbonyl (C=O) groups is 1. The number of rotatable bonds is 9. The zero-order chi connectivity index (χ0) is 25.5. The number of nitrogens with one attached hydrogen (secondary N) is 1. The molecule has 1 amide bonds. The van der Waals surface area contributed by atoms with Crippen LogP contribution in [0.3, 0.4) is 0 Å². The van der Waals surface area contributed by atoms with Crippen LogP contribution in [0.5, 0.6) is 0 Å². The number of amides is 1. The van der Waals surface area contributed by atoms with Crippen molar-refractivity contribution < 1.29 is 14.5 Å². The van der Waals surface area contributed by atoms with Gasteiger partial charge in [0, 0.05) is 47.6 Å². The Kier molecular flexibility index (Phi) is 8.35. The van der Waals surface area contributed by atoms with E-state index < -0.39 is 4.92 Å². The zero-order valence-electron chi connectivity index (χ0n) is 19.7. The molecule has 0 radical (unpaired) electrons. The minimum atomic E-state index is -0.438. The van der Waals surface area contributed by atoms with Gasteiger partial charge in [0.05, 0.1) is 29.1 Å². The fraction of sp³-hybridized carbons (Fsp3) is 0.250. The van der Waals surface area contributed by atoms with Gasteiger partial charge in [0.2, 0.25) is 5.91 Å². The number of nitriles is 1. The van der Waals surface area contributed by atoms with Gasteiger partial charge < -0.3 is 9.30 Å². The van der Waals surface area contributed by atoms with E-state index in [1.54, 1.807) is 31.5 Å². The number of nitrogens with zero attached hydrogens (tertiary/aromatic N) is 5. The van der Waals surface area contributed by atoms with Crippen LogP contribution in [0.2, 0.25) is 0 Å². The standard InChI is InChI=1S/C24H24N6O4S/c1-15-9-19(13-34-4)22(11-25)24(27-15)35-14-23(31)28-26-12-18-10-16(2)29(17(18)3)20-5-7-21(8-6-20)30(32)33/h5-10,12H,13-14H2,1-4H3,(H,28,31). The first-order valence-corrected chi connectivity index (χ1v) is 11.5. The van der Waals surface area contributed by atoms with Gasteiger partial charge in [-0.25, -0.2) is 10.4 Å². The molecule has 35 heavy (non-hydrogen) atoms. The monoisotopic (exact) mass is 492 g/mol. The number of thioether (sulfide) groups is 1. The van der Waals surface area contributed by atoms with Crippen LogP contribution in [0.15, 0.2) is 46.5 Å². The molecule has 0 aliphatic rings. The number of benzene rings is 1. The first kappa shape index (κ1) is 25.6. The summed E-state index contributed by atoms with van der Waals surface area (Å²) in [6.07, 6.45) is 1.55. The molecule has 0 saturated heterocycles. The second kappa shape index (κ2) is 11.4. The second-order valence-corrected chi connectivity index (χ2v) is 8.63. The molecule has 0 fully saturated rings. The molecule has 0 saturated carbocycles. The topological polar surface area (TPSA) is 135 Å². The Balaban J connectivity index is 1.66. The van der Waals surface area contributed by atoms with Gasteiger partial charge >= 0.3 is 0 Å². The van der Waals surface area contributed by atoms with E-state index in [-0.39, 0.29) is 24.0 Å². The van der Waals surface area contributed by atoms with Crippen molar-refractivity contribution in [3.8, 4) is 11.8 Å². The maximum Gasteiger partial charge on any atom is 0.269 e. The fourth-order valence-corrected chi connectivity index (χ4v) is 4.44. The van der Waals surface area contributed by atoms with Crippen molar-refractivity contribution in [1.29, 1.82) is 5.26 Å². The van der Waals surface area contributed by atoms with E-state index in [1.165, 1.54) is 12.1 Å². The van der Waals surface area contributed by atoms with Gasteiger partial charge in [-0.15, -0.1) is 0 Å². The van der Waals surface area contributed by atoms with Crippen LogP contribution >= 0.6 is 11.8 Å². The number of non-ortho nitro benzene ring substituents is 1. The van der Waals surface area contributed by atoms with Gasteiger partial charge in [0.15, 0.2) is 0 Å². The first-order chi connectivity index (χ1) is 16.7. The number of ether oxygens (including phenoxy) is 1. The lowest BCUT2D eigenvalue weighted by atomic mass is 10.1. The summed E-state index contributed by atoms with van der Waals surface area (Å²) < 4.78 is 7.10. The summed E-state index contributed by atoms with van der Waals surface area (Å²) in [5.74, 6) is -0.299. The third-order valence-corrected chi connectivity index (χ3v) is 6.10. The molecule has 0 aliphatic heterocycles. The van der Waals surface area contributed by atoms with Crippen molar-refractivity contribution >= 4 is 29.6 Å². The third kappa shape index (κ3) is 6.11. The quantitative estimate of drug-likeness (QED) is 0.207. The maximum atomic E-state index is 12.3. The van der Waals surface area contributed by atoms with Gasteiger partial charge in [-0.1, -0.05) is 11.8 Å². The van der Waals surface area contributed by atoms with Crippen molar-refractivity contribution in [1.82, 2.24) is 15.0 Å². The van der Waals surface area contributed by atoms with Crippen LogP contribution in [-0.4, -0.2) is 39.5 Å². The Hall–Kier alpha value is -4.01. The van der Waals surface area contributed by atoms with Crippen LogP contribution in [0.1, 0.15) is 33.8 Å². The molecule has 0 unspecified atom stereocenters. The number of methoxy groups -OCH3 is 1. The van der Waals surface area contributed by atoms with Crippen molar-refractivity contribution in [3.05, 3.63) is 80.3 Å². The normalized spacial score (nSPS) is 10.9. The highest BCUT2D eigenvalue weighted by atomic mass is 32.2. The Morgan fingerprint density at radius 3 is 2.66 bits per heavy atom. The SMILES string of the molecule is COCc1cc(C)nc(SCC(=O)NN=Cc2cc(C)n(-c3ccc([N+](=O)[O-])cc3)c2C)c1C#N. The van der Waals surface area contributed by atoms with Crippen molar-refractivity contribution in [2.24, 2.45) is 5.10 Å². The average molecular weight is 493 g/mol. The lowest BCUT2D eigenvalue weighted by Gasteiger charge is -2.09. The van der Waals surface area contributed by atoms with Crippen LogP contribution in [0.4, 0.5) is 5.69 Å². The summed E-state index contributed by atoms with van der Waals surface area (Å²) in [5.41, 5.74) is 7.76. The van der Waals surface area contributed by atoms with Gasteiger partial charge in [0.25, 0.3) is 5.69 Å². The summed E-state index contributed by atoms with van der Waals surface area (Å²) in [6.45, 7) is 5.93. The number of aromatic nitrogens is 2. The van der Waals surface area contributed by atoms with Crippen LogP contribution in [-0.2, 0) is 16.1 Å². The molecule has 1 N–H and O–H groups in total. The highest BCUT2D eigenvalue weighted by Gasteiger charge is 2.14. The number of aryl methyl sites for hydroxylation is 2. The average Bonchev–Trinajstić information content (AvgIpc) is 3.10. The summed E-state index contributed by atoms with van der Waals surface area (Å²) in [7, 11) is 1.55. The fourth-order valence-electron chi connectivity index (χ4n) is 3.58. The van der Waals surface area contributed by atoms with Crippen LogP contribution < -0.4 is 5.43 Å². The maximum absolute atomic E-state index is 12.3. The Morgan fingerprint density at radius 1 is 1.31 bits per heavy atom. The Morgan fingerprint density at radius 2 is 2.03 bits per heavy atom. The predicted octanol–water partition coefficient (Wildman–Crippen LogP) is 3.97. The summed E-state index contributed by atoms with van der Waals surface area (Å²) in [5, 5.41) is 24.9. The molecular weight excluding hydrogens is 468 g/mol. The molecule has 11 heteroatoms. The zero-order valence-corrected chi connectivity index (χ0v) is 20.5. The van der Waals surface area contributed by atoms with E-state index in [0.717, 1.165) is 45.7 Å². The highest BCUT2D eigenvalue weighted by Crippen LogP contribution is 2.25. The van der Waals surface area contributed by atoms with E-state index in [1.807, 2.05) is 31.4 Å². The minimum Gasteiger partial charge on any atom is -0.380 e. The lowest BCUT2D eigenvalue weighted by Crippen LogP contribution is -2.20. The largest absolute Gasteiger partial charge is 0.380 e. The number of hydrogen-bond acceptors (Lipinski definition) is 8. The second-order valence-electron chi connectivity index (χ2n) is 7.66. The number of nitro benzene ring substituents is 1. The van der Waals surface area contributed by atoms with Gasteiger partial charge in [-0.2, -0.15) is 10.4 Å². The van der Waals surface area contributed by atoms with Crippen molar-refractivity contribution in [2.75, 3.05) is 12.9 Å². The Labute approximate surface area is 206 Å². The number of hydrogen-bond donors (Lipinski definition) is 1. The summed E-state index contributed by atoms with van der Waals surface area (Å²) >= 11 is 1.16. The van der Waals surface area contributed by atoms with E-state index in [9.17, 15) is 20.2 Å². The molecule has 2 heterocycles. The van der Waals surface area contributed by atoms with E-state index in [0.29, 0.717) is 10.6 Å². The van der Waals surface area contributed by atoms with E-state index in [2.05, 4.69) is 21.6 Å². The third-order valence-electron chi connectivity index (χ3n) is 5.13. The van der Waals surface area contributed by atoms with Crippen LogP contribution in [0.25, 0.3) is 5.69 Å². The number of carbonyl (C=O) groups excluding carboxylic acids is 1. The molecule has 1 aromatic carbocycles. The van der Waals surface area contributed by atoms with Gasteiger partial charge in [-0.3, -0.25) is 14.9 Å². The summed E-state index contributed by atoms with van der Waals surface area (Å²) in [4.78, 5) is 27.2. The van der Waals surface area contributed by atoms with E-state index in [4.69, 9.17) is 4.74 Å². The highest BCUT2D eigenvalue weighted by molar-refractivity contribution is 8.00. The number of nitro groups is 1. The smallest absolute Gasteiger partial charge is 0.269 e. The molecule has 0 bridgehead atoms. The predicted molar refractivity (Wildman–Crippen MR) is 133 cm³/mol. The number of hydrazone groups is 1. The first-order valence-electron chi connectivity index (χ1n) is 10.5. The van der Waals surface area contributed by atoms with E-state index >= 15 is 0 Å². The Bertz CT molecular complexity index is 1330. The molecule has 2 aromatic heterocycles. The van der Waals surface area contributed by atoms with Crippen LogP contribution in [0, 0.1) is 42.2 Å². The molecule has 10 nitrogen and oxygen atoms in total. The van der Waals surface area contributed by atoms with Crippen molar-refractivity contribution in [2.45, 2.75) is 32.4 Å². The number of pyridine rings is 1. The molecule has 0 atom stereocenters. The molecule has 3 aromatic rings. The molecule has 3 rings (SSSR count). The molecule has 180 valence electrons. The summed E-state index contributed by atoms with van der Waals surface area (Å²) in [6, 6.07) is 12.1. The molecular formula is C24H24N6O4S. The lowest BCUT2D eigenvalue weighted by molar-refractivity contribution is -0.384.